The first-order valence-electron chi connectivity index (χ1n) is 10.2. The monoisotopic (exact) mass is 435 g/mol. The van der Waals surface area contributed by atoms with E-state index in [1.807, 2.05) is 13.8 Å². The molecular weight excluding hydrogens is 409 g/mol. The lowest BCUT2D eigenvalue weighted by molar-refractivity contribution is -0.130. The van der Waals surface area contributed by atoms with Gasteiger partial charge < -0.3 is 14.7 Å². The van der Waals surface area contributed by atoms with E-state index >= 15 is 0 Å². The molecular formula is C22H27ClFN3O3. The second kappa shape index (κ2) is 9.16. The number of halogens is 2. The topological polar surface area (TPSA) is 75.4 Å². The molecule has 0 saturated carbocycles. The first-order chi connectivity index (χ1) is 14.2. The summed E-state index contributed by atoms with van der Waals surface area (Å²) in [4.78, 5) is 27.6. The summed E-state index contributed by atoms with van der Waals surface area (Å²) >= 11 is 5.84. The highest BCUT2D eigenvalue weighted by molar-refractivity contribution is 6.31. The number of carbonyl (C=O) groups excluding carboxylic acids is 2. The lowest BCUT2D eigenvalue weighted by Gasteiger charge is -2.40. The van der Waals surface area contributed by atoms with E-state index in [1.165, 1.54) is 24.3 Å². The van der Waals surface area contributed by atoms with Crippen LogP contribution in [0.4, 0.5) is 4.39 Å². The van der Waals surface area contributed by atoms with Crippen LogP contribution >= 0.6 is 11.6 Å². The van der Waals surface area contributed by atoms with Crippen molar-refractivity contribution in [3.8, 4) is 11.3 Å². The standard InChI is InChI=1S/C22H27ClFN3O3/c1-12(2)7-15-11-27(19(8-13(3)4)21(28)25-15)22(29)18-10-20(30-26-18)14-5-6-17(24)16(23)9-14/h5-6,9-10,12-13,15,19H,7-8,11H2,1-4H3,(H,25,28)/t15-,19-/m0/s1. The molecule has 0 radical (unpaired) electrons. The maximum atomic E-state index is 13.4. The molecule has 8 heteroatoms. The largest absolute Gasteiger partial charge is 0.355 e. The number of hydrogen-bond donors (Lipinski definition) is 1. The molecule has 1 fully saturated rings. The highest BCUT2D eigenvalue weighted by Crippen LogP contribution is 2.27. The third-order valence-corrected chi connectivity index (χ3v) is 5.38. The first kappa shape index (κ1) is 22.3. The van der Waals surface area contributed by atoms with Crippen LogP contribution in [0.15, 0.2) is 28.8 Å². The Morgan fingerprint density at radius 2 is 1.97 bits per heavy atom. The van der Waals surface area contributed by atoms with E-state index in [9.17, 15) is 14.0 Å². The number of carbonyl (C=O) groups is 2. The fourth-order valence-corrected chi connectivity index (χ4v) is 3.95. The van der Waals surface area contributed by atoms with E-state index in [1.54, 1.807) is 4.90 Å². The van der Waals surface area contributed by atoms with E-state index in [0.717, 1.165) is 6.42 Å². The lowest BCUT2D eigenvalue weighted by atomic mass is 9.94. The van der Waals surface area contributed by atoms with Gasteiger partial charge in [-0.2, -0.15) is 0 Å². The number of amides is 2. The lowest BCUT2D eigenvalue weighted by Crippen LogP contribution is -2.62. The summed E-state index contributed by atoms with van der Waals surface area (Å²) in [7, 11) is 0. The molecule has 0 aliphatic carbocycles. The molecule has 1 aliphatic heterocycles. The van der Waals surface area contributed by atoms with Gasteiger partial charge in [0.25, 0.3) is 5.91 Å². The van der Waals surface area contributed by atoms with Crippen LogP contribution in [0.3, 0.4) is 0 Å². The van der Waals surface area contributed by atoms with Crippen molar-refractivity contribution < 1.29 is 18.5 Å². The minimum atomic E-state index is -0.554. The van der Waals surface area contributed by atoms with Crippen molar-refractivity contribution in [3.63, 3.8) is 0 Å². The summed E-state index contributed by atoms with van der Waals surface area (Å²) in [5, 5.41) is 6.92. The Labute approximate surface area is 180 Å². The summed E-state index contributed by atoms with van der Waals surface area (Å²) in [5.41, 5.74) is 0.623. The Balaban J connectivity index is 1.86. The van der Waals surface area contributed by atoms with E-state index in [2.05, 4.69) is 24.3 Å². The second-order valence-electron chi connectivity index (χ2n) is 8.64. The number of benzene rings is 1. The summed E-state index contributed by atoms with van der Waals surface area (Å²) in [6.45, 7) is 8.61. The van der Waals surface area contributed by atoms with Gasteiger partial charge in [-0.15, -0.1) is 0 Å². The number of piperazine rings is 1. The van der Waals surface area contributed by atoms with Crippen LogP contribution in [-0.4, -0.2) is 40.5 Å². The number of aromatic nitrogens is 1. The Morgan fingerprint density at radius 3 is 2.60 bits per heavy atom. The maximum Gasteiger partial charge on any atom is 0.276 e. The van der Waals surface area contributed by atoms with E-state index in [4.69, 9.17) is 16.1 Å². The number of hydrogen-bond acceptors (Lipinski definition) is 4. The SMILES string of the molecule is CC(C)C[C@H]1CN(C(=O)c2cc(-c3ccc(F)c(Cl)c3)on2)[C@@H](CC(C)C)C(=O)N1. The zero-order chi connectivity index (χ0) is 22.0. The van der Waals surface area contributed by atoms with E-state index in [-0.39, 0.29) is 34.5 Å². The molecule has 1 saturated heterocycles. The highest BCUT2D eigenvalue weighted by Gasteiger charge is 2.39. The molecule has 2 atom stereocenters. The molecule has 2 aromatic rings. The van der Waals surface area contributed by atoms with Gasteiger partial charge in [0, 0.05) is 24.2 Å². The van der Waals surface area contributed by atoms with Crippen molar-refractivity contribution in [1.82, 2.24) is 15.4 Å². The van der Waals surface area contributed by atoms with Gasteiger partial charge in [0.1, 0.15) is 11.9 Å². The number of nitrogens with one attached hydrogen (secondary N) is 1. The highest BCUT2D eigenvalue weighted by atomic mass is 35.5. The van der Waals surface area contributed by atoms with Gasteiger partial charge in [-0.25, -0.2) is 4.39 Å². The Kier molecular flexibility index (Phi) is 6.81. The van der Waals surface area contributed by atoms with E-state index in [0.29, 0.717) is 30.2 Å². The smallest absolute Gasteiger partial charge is 0.276 e. The fourth-order valence-electron chi connectivity index (χ4n) is 3.77. The van der Waals surface area contributed by atoms with Crippen molar-refractivity contribution in [2.24, 2.45) is 11.8 Å². The fraction of sp³-hybridized carbons (Fsp3) is 0.500. The van der Waals surface area contributed by atoms with Gasteiger partial charge in [0.2, 0.25) is 5.91 Å². The minimum Gasteiger partial charge on any atom is -0.355 e. The molecule has 1 aliphatic rings. The Hall–Kier alpha value is -2.41. The third-order valence-electron chi connectivity index (χ3n) is 5.09. The first-order valence-corrected chi connectivity index (χ1v) is 10.6. The summed E-state index contributed by atoms with van der Waals surface area (Å²) in [6.07, 6.45) is 1.34. The molecule has 0 unspecified atom stereocenters. The molecule has 2 heterocycles. The maximum absolute atomic E-state index is 13.4. The molecule has 162 valence electrons. The average molecular weight is 436 g/mol. The van der Waals surface area contributed by atoms with Gasteiger partial charge in [0.05, 0.1) is 5.02 Å². The van der Waals surface area contributed by atoms with Gasteiger partial charge in [-0.05, 0) is 42.9 Å². The minimum absolute atomic E-state index is 0.0435. The van der Waals surface area contributed by atoms with Gasteiger partial charge in [-0.3, -0.25) is 9.59 Å². The average Bonchev–Trinajstić information content (AvgIpc) is 3.14. The van der Waals surface area contributed by atoms with Crippen molar-refractivity contribution in [2.75, 3.05) is 6.54 Å². The van der Waals surface area contributed by atoms with Crippen LogP contribution in [-0.2, 0) is 4.79 Å². The van der Waals surface area contributed by atoms with Crippen LogP contribution in [0.5, 0.6) is 0 Å². The predicted molar refractivity (Wildman–Crippen MR) is 113 cm³/mol. The molecule has 1 N–H and O–H groups in total. The molecule has 6 nitrogen and oxygen atoms in total. The number of nitrogens with zero attached hydrogens (tertiary/aromatic N) is 2. The van der Waals surface area contributed by atoms with Crippen molar-refractivity contribution in [3.05, 3.63) is 40.8 Å². The van der Waals surface area contributed by atoms with E-state index < -0.39 is 11.9 Å². The zero-order valence-corrected chi connectivity index (χ0v) is 18.4. The normalized spacial score (nSPS) is 19.5. The Morgan fingerprint density at radius 1 is 1.27 bits per heavy atom. The molecule has 1 aromatic heterocycles. The van der Waals surface area contributed by atoms with Crippen LogP contribution in [0.1, 0.15) is 51.0 Å². The predicted octanol–water partition coefficient (Wildman–Crippen LogP) is 4.54. The Bertz CT molecular complexity index is 928. The van der Waals surface area contributed by atoms with Crippen LogP contribution in [0.25, 0.3) is 11.3 Å². The van der Waals surface area contributed by atoms with Crippen LogP contribution in [0, 0.1) is 17.7 Å². The number of rotatable bonds is 6. The summed E-state index contributed by atoms with van der Waals surface area (Å²) in [6, 6.07) is 4.99. The summed E-state index contributed by atoms with van der Waals surface area (Å²) in [5.74, 6) is -0.0951. The van der Waals surface area contributed by atoms with Crippen LogP contribution in [0.2, 0.25) is 5.02 Å². The van der Waals surface area contributed by atoms with Crippen molar-refractivity contribution in [2.45, 2.75) is 52.6 Å². The van der Waals surface area contributed by atoms with Gasteiger partial charge in [-0.1, -0.05) is 44.5 Å². The quantitative estimate of drug-likeness (QED) is 0.723. The van der Waals surface area contributed by atoms with Crippen molar-refractivity contribution >= 4 is 23.4 Å². The van der Waals surface area contributed by atoms with Crippen LogP contribution < -0.4 is 5.32 Å². The molecule has 0 bridgehead atoms. The van der Waals surface area contributed by atoms with Gasteiger partial charge >= 0.3 is 0 Å². The molecule has 1 aromatic carbocycles. The molecule has 2 amide bonds. The summed E-state index contributed by atoms with van der Waals surface area (Å²) < 4.78 is 18.7. The van der Waals surface area contributed by atoms with Gasteiger partial charge in [0.15, 0.2) is 11.5 Å². The molecule has 3 rings (SSSR count). The molecule has 0 spiro atoms. The second-order valence-corrected chi connectivity index (χ2v) is 9.05. The third kappa shape index (κ3) is 5.01. The van der Waals surface area contributed by atoms with Crippen molar-refractivity contribution in [1.29, 1.82) is 0 Å². The zero-order valence-electron chi connectivity index (χ0n) is 17.6. The molecule has 30 heavy (non-hydrogen) atoms.